The molecule has 9 heavy (non-hydrogen) atoms. The highest BCUT2D eigenvalue weighted by atomic mass is 35.5. The lowest BCUT2D eigenvalue weighted by atomic mass is 10.2. The van der Waals surface area contributed by atoms with E-state index in [9.17, 15) is 8.78 Å². The first-order valence-electron chi connectivity index (χ1n) is 2.73. The minimum atomic E-state index is -3.46. The molecule has 0 aliphatic rings. The minimum absolute atomic E-state index is 0.0382. The van der Waals surface area contributed by atoms with Crippen LogP contribution in [0.5, 0.6) is 0 Å². The van der Waals surface area contributed by atoms with Gasteiger partial charge in [-0.25, -0.2) is 0 Å². The van der Waals surface area contributed by atoms with Gasteiger partial charge in [-0.1, -0.05) is 13.3 Å². The summed E-state index contributed by atoms with van der Waals surface area (Å²) in [5, 5.41) is 5.04. The van der Waals surface area contributed by atoms with Crippen LogP contribution in [0.2, 0.25) is 0 Å². The van der Waals surface area contributed by atoms with Crippen molar-refractivity contribution in [1.82, 2.24) is 0 Å². The van der Waals surface area contributed by atoms with Crippen LogP contribution in [0, 0.1) is 0 Å². The number of halogens is 3. The first kappa shape index (κ1) is 9.11. The molecule has 0 amide bonds. The summed E-state index contributed by atoms with van der Waals surface area (Å²) in [4.78, 5) is 0. The fourth-order valence-electron chi connectivity index (χ4n) is 0.437. The van der Waals surface area contributed by atoms with Crippen molar-refractivity contribution in [2.24, 2.45) is 0 Å². The molecule has 1 N–H and O–H groups in total. The normalized spacial score (nSPS) is 15.7. The topological polar surface area (TPSA) is 20.2 Å². The molecule has 0 aromatic rings. The summed E-state index contributed by atoms with van der Waals surface area (Å²) in [5.74, 6) is 0. The second kappa shape index (κ2) is 3.32. The zero-order valence-corrected chi connectivity index (χ0v) is 5.83. The number of hydrogen-bond donors (Lipinski definition) is 1. The van der Waals surface area contributed by atoms with Gasteiger partial charge >= 0.3 is 5.38 Å². The number of hydrogen-bond acceptors (Lipinski definition) is 1. The van der Waals surface area contributed by atoms with Crippen LogP contribution in [0.25, 0.3) is 0 Å². The van der Waals surface area contributed by atoms with Crippen molar-refractivity contribution in [2.75, 3.05) is 0 Å². The Balaban J connectivity index is 3.59. The van der Waals surface area contributed by atoms with E-state index in [4.69, 9.17) is 5.11 Å². The van der Waals surface area contributed by atoms with E-state index in [1.807, 2.05) is 0 Å². The summed E-state index contributed by atoms with van der Waals surface area (Å²) in [7, 11) is 0. The van der Waals surface area contributed by atoms with Gasteiger partial charge < -0.3 is 5.11 Å². The van der Waals surface area contributed by atoms with Crippen molar-refractivity contribution >= 4 is 11.6 Å². The van der Waals surface area contributed by atoms with Gasteiger partial charge in [0, 0.05) is 0 Å². The van der Waals surface area contributed by atoms with Crippen molar-refractivity contribution in [3.8, 4) is 0 Å². The molecule has 0 aliphatic heterocycles. The van der Waals surface area contributed by atoms with Gasteiger partial charge in [-0.2, -0.15) is 8.78 Å². The summed E-state index contributed by atoms with van der Waals surface area (Å²) in [6.45, 7) is 1.70. The van der Waals surface area contributed by atoms with Crippen LogP contribution in [0.15, 0.2) is 0 Å². The maximum atomic E-state index is 11.8. The lowest BCUT2D eigenvalue weighted by Crippen LogP contribution is -2.26. The standard InChI is InChI=1S/C5H9ClF2O/c1-2-3-4(9)5(6,7)8/h4,9H,2-3H2,1H3/t4-/m1/s1. The van der Waals surface area contributed by atoms with Gasteiger partial charge in [0.2, 0.25) is 0 Å². The average molecular weight is 159 g/mol. The third-order valence-electron chi connectivity index (χ3n) is 0.940. The van der Waals surface area contributed by atoms with Crippen LogP contribution in [-0.2, 0) is 0 Å². The molecule has 0 fully saturated rings. The Morgan fingerprint density at radius 2 is 2.11 bits per heavy atom. The maximum absolute atomic E-state index is 11.8. The van der Waals surface area contributed by atoms with E-state index in [1.54, 1.807) is 6.92 Å². The van der Waals surface area contributed by atoms with E-state index in [0.29, 0.717) is 6.42 Å². The van der Waals surface area contributed by atoms with Gasteiger partial charge in [0.05, 0.1) is 0 Å². The largest absolute Gasteiger partial charge is 0.385 e. The summed E-state index contributed by atoms with van der Waals surface area (Å²) >= 11 is 4.48. The molecule has 0 aliphatic carbocycles. The summed E-state index contributed by atoms with van der Waals surface area (Å²) in [6, 6.07) is 0. The SMILES string of the molecule is CCC[C@@H](O)C(F)(F)Cl. The Hall–Kier alpha value is 0.110. The fraction of sp³-hybridized carbons (Fsp3) is 1.00. The van der Waals surface area contributed by atoms with Crippen molar-refractivity contribution in [1.29, 1.82) is 0 Å². The second-order valence-electron chi connectivity index (χ2n) is 1.85. The Labute approximate surface area is 57.6 Å². The Morgan fingerprint density at radius 1 is 1.67 bits per heavy atom. The molecule has 1 nitrogen and oxygen atoms in total. The van der Waals surface area contributed by atoms with Crippen LogP contribution in [-0.4, -0.2) is 16.6 Å². The lowest BCUT2D eigenvalue weighted by Gasteiger charge is -2.13. The monoisotopic (exact) mass is 158 g/mol. The molecule has 1 atom stereocenters. The predicted octanol–water partition coefficient (Wildman–Crippen LogP) is 1.98. The average Bonchev–Trinajstić information content (AvgIpc) is 1.64. The van der Waals surface area contributed by atoms with E-state index in [-0.39, 0.29) is 6.42 Å². The fourth-order valence-corrected chi connectivity index (χ4v) is 0.546. The zero-order chi connectivity index (χ0) is 7.49. The third-order valence-corrected chi connectivity index (χ3v) is 1.19. The Morgan fingerprint density at radius 3 is 2.22 bits per heavy atom. The zero-order valence-electron chi connectivity index (χ0n) is 5.07. The number of alkyl halides is 3. The van der Waals surface area contributed by atoms with E-state index in [2.05, 4.69) is 11.6 Å². The second-order valence-corrected chi connectivity index (χ2v) is 2.35. The van der Waals surface area contributed by atoms with Crippen LogP contribution in [0.1, 0.15) is 19.8 Å². The molecule has 0 aromatic heterocycles. The van der Waals surface area contributed by atoms with Crippen LogP contribution in [0.4, 0.5) is 8.78 Å². The molecular formula is C5H9ClF2O. The Kier molecular flexibility index (Phi) is 3.36. The van der Waals surface area contributed by atoms with Crippen molar-refractivity contribution in [3.05, 3.63) is 0 Å². The van der Waals surface area contributed by atoms with Gasteiger partial charge in [0.1, 0.15) is 6.10 Å². The lowest BCUT2D eigenvalue weighted by molar-refractivity contribution is -0.0444. The third kappa shape index (κ3) is 3.65. The number of aliphatic hydroxyl groups excluding tert-OH is 1. The van der Waals surface area contributed by atoms with Crippen molar-refractivity contribution in [3.63, 3.8) is 0 Å². The van der Waals surface area contributed by atoms with Gasteiger partial charge in [0.25, 0.3) is 0 Å². The first-order chi connectivity index (χ1) is 3.98. The predicted molar refractivity (Wildman–Crippen MR) is 31.7 cm³/mol. The molecule has 0 spiro atoms. The molecular weight excluding hydrogens is 150 g/mol. The molecule has 0 bridgehead atoms. The van der Waals surface area contributed by atoms with Gasteiger partial charge in [-0.15, -0.1) is 0 Å². The van der Waals surface area contributed by atoms with Crippen molar-refractivity contribution in [2.45, 2.75) is 31.3 Å². The molecule has 56 valence electrons. The van der Waals surface area contributed by atoms with Crippen LogP contribution < -0.4 is 0 Å². The molecule has 0 heterocycles. The summed E-state index contributed by atoms with van der Waals surface area (Å²) < 4.78 is 23.6. The van der Waals surface area contributed by atoms with Crippen LogP contribution >= 0.6 is 11.6 Å². The smallest absolute Gasteiger partial charge is 0.347 e. The van der Waals surface area contributed by atoms with E-state index < -0.39 is 11.5 Å². The molecule has 0 aromatic carbocycles. The number of rotatable bonds is 3. The quantitative estimate of drug-likeness (QED) is 0.623. The number of aliphatic hydroxyl groups is 1. The highest BCUT2D eigenvalue weighted by Gasteiger charge is 2.34. The molecule has 0 saturated carbocycles. The van der Waals surface area contributed by atoms with E-state index in [0.717, 1.165) is 0 Å². The molecule has 0 saturated heterocycles. The molecule has 0 radical (unpaired) electrons. The van der Waals surface area contributed by atoms with E-state index in [1.165, 1.54) is 0 Å². The van der Waals surface area contributed by atoms with Gasteiger partial charge in [0.15, 0.2) is 0 Å². The first-order valence-corrected chi connectivity index (χ1v) is 3.11. The maximum Gasteiger partial charge on any atom is 0.347 e. The summed E-state index contributed by atoms with van der Waals surface area (Å²) in [6.07, 6.45) is -1.16. The molecule has 4 heteroatoms. The highest BCUT2D eigenvalue weighted by Crippen LogP contribution is 2.25. The molecule has 0 rings (SSSR count). The van der Waals surface area contributed by atoms with Crippen molar-refractivity contribution < 1.29 is 13.9 Å². The highest BCUT2D eigenvalue weighted by molar-refractivity contribution is 6.22. The van der Waals surface area contributed by atoms with E-state index >= 15 is 0 Å². The summed E-state index contributed by atoms with van der Waals surface area (Å²) in [5.41, 5.74) is 0. The Bertz CT molecular complexity index is 81.5. The van der Waals surface area contributed by atoms with Crippen LogP contribution in [0.3, 0.4) is 0 Å². The minimum Gasteiger partial charge on any atom is -0.385 e. The molecule has 0 unspecified atom stereocenters. The van der Waals surface area contributed by atoms with Gasteiger partial charge in [-0.05, 0) is 18.0 Å². The van der Waals surface area contributed by atoms with Gasteiger partial charge in [-0.3, -0.25) is 0 Å².